The van der Waals surface area contributed by atoms with E-state index in [9.17, 15) is 9.90 Å². The highest BCUT2D eigenvalue weighted by atomic mass is 16.5. The van der Waals surface area contributed by atoms with Crippen LogP contribution in [0.15, 0.2) is 36.7 Å². The predicted molar refractivity (Wildman–Crippen MR) is 110 cm³/mol. The Morgan fingerprint density at radius 2 is 2.03 bits per heavy atom. The van der Waals surface area contributed by atoms with Gasteiger partial charge in [0, 0.05) is 24.0 Å². The van der Waals surface area contributed by atoms with Crippen molar-refractivity contribution in [3.8, 4) is 22.9 Å². The Kier molecular flexibility index (Phi) is 5.13. The van der Waals surface area contributed by atoms with Crippen molar-refractivity contribution in [2.45, 2.75) is 32.5 Å². The van der Waals surface area contributed by atoms with Crippen LogP contribution in [0.2, 0.25) is 0 Å². The van der Waals surface area contributed by atoms with Gasteiger partial charge in [0.2, 0.25) is 0 Å². The van der Waals surface area contributed by atoms with Crippen molar-refractivity contribution in [3.05, 3.63) is 47.9 Å². The number of carbonyl (C=O) groups excluding carboxylic acids is 1. The summed E-state index contributed by atoms with van der Waals surface area (Å²) in [7, 11) is 3.08. The molecule has 1 amide bonds. The van der Waals surface area contributed by atoms with Gasteiger partial charge in [-0.25, -0.2) is 9.97 Å². The van der Waals surface area contributed by atoms with Crippen LogP contribution in [-0.2, 0) is 6.54 Å². The van der Waals surface area contributed by atoms with E-state index in [4.69, 9.17) is 14.5 Å². The molecule has 9 heteroatoms. The molecule has 0 aromatic carbocycles. The lowest BCUT2D eigenvalue weighted by atomic mass is 10.1. The van der Waals surface area contributed by atoms with Gasteiger partial charge in [-0.2, -0.15) is 5.10 Å². The van der Waals surface area contributed by atoms with Gasteiger partial charge < -0.3 is 14.6 Å². The number of carbonyl (C=O) groups is 1. The van der Waals surface area contributed by atoms with Crippen molar-refractivity contribution < 1.29 is 19.4 Å². The lowest BCUT2D eigenvalue weighted by Gasteiger charge is -2.18. The standard InChI is InChI=1S/C21H23N5O4/c1-12(27)11-25-8-7-18(24-25)26-13(2)19-15(21(26)28)5-6-16(23-19)14-9-17(29-3)20(30-4)22-10-14/h5-10,12-13,27H,11H2,1-4H3/t12-,13+/m0/s1. The summed E-state index contributed by atoms with van der Waals surface area (Å²) in [6.45, 7) is 3.97. The SMILES string of the molecule is COc1cc(-c2ccc3c(n2)[C@@H](C)N(c2ccn(C[C@H](C)O)n2)C3=O)cnc1OC. The quantitative estimate of drug-likeness (QED) is 0.667. The molecule has 9 nitrogen and oxygen atoms in total. The Balaban J connectivity index is 1.67. The fourth-order valence-electron chi connectivity index (χ4n) is 3.59. The lowest BCUT2D eigenvalue weighted by molar-refractivity contribution is 0.0991. The van der Waals surface area contributed by atoms with E-state index in [1.54, 1.807) is 60.3 Å². The molecule has 0 radical (unpaired) electrons. The van der Waals surface area contributed by atoms with Crippen molar-refractivity contribution in [1.29, 1.82) is 0 Å². The van der Waals surface area contributed by atoms with Gasteiger partial charge in [-0.05, 0) is 32.0 Å². The second-order valence-corrected chi connectivity index (χ2v) is 7.16. The highest BCUT2D eigenvalue weighted by Crippen LogP contribution is 2.37. The van der Waals surface area contributed by atoms with E-state index in [1.165, 1.54) is 7.11 Å². The molecule has 0 bridgehead atoms. The number of hydrogen-bond donors (Lipinski definition) is 1. The van der Waals surface area contributed by atoms with Crippen LogP contribution in [0.1, 0.15) is 35.9 Å². The van der Waals surface area contributed by atoms with Crippen LogP contribution in [0.3, 0.4) is 0 Å². The van der Waals surface area contributed by atoms with Gasteiger partial charge in [0.15, 0.2) is 11.6 Å². The van der Waals surface area contributed by atoms with Crippen molar-refractivity contribution in [3.63, 3.8) is 0 Å². The summed E-state index contributed by atoms with van der Waals surface area (Å²) in [4.78, 5) is 23.6. The maximum Gasteiger partial charge on any atom is 0.262 e. The molecule has 156 valence electrons. The van der Waals surface area contributed by atoms with E-state index in [0.29, 0.717) is 40.9 Å². The van der Waals surface area contributed by atoms with E-state index in [0.717, 1.165) is 5.56 Å². The third kappa shape index (κ3) is 3.37. The first-order valence-electron chi connectivity index (χ1n) is 9.57. The number of aromatic nitrogens is 4. The second kappa shape index (κ2) is 7.75. The predicted octanol–water partition coefficient (Wildman–Crippen LogP) is 2.46. The monoisotopic (exact) mass is 409 g/mol. The van der Waals surface area contributed by atoms with Crippen molar-refractivity contribution >= 4 is 11.7 Å². The number of aliphatic hydroxyl groups excluding tert-OH is 1. The molecule has 3 aromatic rings. The Hall–Kier alpha value is -3.46. The van der Waals surface area contributed by atoms with Crippen molar-refractivity contribution in [2.75, 3.05) is 19.1 Å². The molecule has 4 rings (SSSR count). The molecular formula is C21H23N5O4. The Bertz CT molecular complexity index is 1090. The van der Waals surface area contributed by atoms with E-state index >= 15 is 0 Å². The molecule has 1 N–H and O–H groups in total. The first kappa shape index (κ1) is 19.8. The normalized spacial score (nSPS) is 16.5. The average Bonchev–Trinajstić information content (AvgIpc) is 3.28. The van der Waals surface area contributed by atoms with Crippen LogP contribution in [-0.4, -0.2) is 51.1 Å². The molecule has 0 spiro atoms. The number of methoxy groups -OCH3 is 2. The minimum absolute atomic E-state index is 0.149. The highest BCUT2D eigenvalue weighted by Gasteiger charge is 2.37. The molecule has 3 aromatic heterocycles. The first-order chi connectivity index (χ1) is 14.4. The van der Waals surface area contributed by atoms with Gasteiger partial charge in [0.05, 0.1) is 49.9 Å². The van der Waals surface area contributed by atoms with Crippen molar-refractivity contribution in [2.24, 2.45) is 0 Å². The largest absolute Gasteiger partial charge is 0.491 e. The van der Waals surface area contributed by atoms with Crippen LogP contribution in [0.4, 0.5) is 5.82 Å². The molecule has 0 saturated heterocycles. The van der Waals surface area contributed by atoms with E-state index in [1.807, 2.05) is 6.92 Å². The van der Waals surface area contributed by atoms with Crippen LogP contribution < -0.4 is 14.4 Å². The molecule has 30 heavy (non-hydrogen) atoms. The molecule has 1 aliphatic rings. The number of rotatable bonds is 6. The van der Waals surface area contributed by atoms with Gasteiger partial charge >= 0.3 is 0 Å². The van der Waals surface area contributed by atoms with Gasteiger partial charge in [0.1, 0.15) is 0 Å². The van der Waals surface area contributed by atoms with Crippen LogP contribution in [0.25, 0.3) is 11.3 Å². The van der Waals surface area contributed by atoms with Gasteiger partial charge in [-0.1, -0.05) is 0 Å². The van der Waals surface area contributed by atoms with Gasteiger partial charge in [0.25, 0.3) is 11.8 Å². The number of hydrogen-bond acceptors (Lipinski definition) is 7. The summed E-state index contributed by atoms with van der Waals surface area (Å²) in [5, 5.41) is 14.0. The number of fused-ring (bicyclic) bond motifs is 1. The summed E-state index contributed by atoms with van der Waals surface area (Å²) in [5.74, 6) is 1.28. The third-order valence-electron chi connectivity index (χ3n) is 5.01. The fourth-order valence-corrected chi connectivity index (χ4v) is 3.59. The number of ether oxygens (including phenoxy) is 2. The maximum absolute atomic E-state index is 13.0. The zero-order valence-corrected chi connectivity index (χ0v) is 17.2. The minimum Gasteiger partial charge on any atom is -0.491 e. The molecular weight excluding hydrogens is 386 g/mol. The number of pyridine rings is 2. The zero-order valence-electron chi connectivity index (χ0n) is 17.2. The first-order valence-corrected chi connectivity index (χ1v) is 9.57. The fraction of sp³-hybridized carbons (Fsp3) is 0.333. The minimum atomic E-state index is -0.527. The van der Waals surface area contributed by atoms with E-state index in [2.05, 4.69) is 10.1 Å². The lowest BCUT2D eigenvalue weighted by Crippen LogP contribution is -2.27. The molecule has 1 aliphatic heterocycles. The Labute approximate surface area is 173 Å². The number of anilines is 1. The van der Waals surface area contributed by atoms with Gasteiger partial charge in [-0.15, -0.1) is 0 Å². The zero-order chi connectivity index (χ0) is 21.4. The Morgan fingerprint density at radius 3 is 2.73 bits per heavy atom. The van der Waals surface area contributed by atoms with Crippen LogP contribution >= 0.6 is 0 Å². The summed E-state index contributed by atoms with van der Waals surface area (Å²) in [6, 6.07) is 6.86. The molecule has 2 atom stereocenters. The molecule has 4 heterocycles. The number of nitrogens with zero attached hydrogens (tertiary/aromatic N) is 5. The molecule has 0 aliphatic carbocycles. The summed E-state index contributed by atoms with van der Waals surface area (Å²) >= 11 is 0. The third-order valence-corrected chi connectivity index (χ3v) is 5.01. The van der Waals surface area contributed by atoms with Crippen LogP contribution in [0, 0.1) is 0 Å². The average molecular weight is 409 g/mol. The number of aliphatic hydroxyl groups is 1. The summed E-state index contributed by atoms with van der Waals surface area (Å²) < 4.78 is 12.1. The number of amides is 1. The smallest absolute Gasteiger partial charge is 0.262 e. The highest BCUT2D eigenvalue weighted by molar-refractivity contribution is 6.10. The van der Waals surface area contributed by atoms with Gasteiger partial charge in [-0.3, -0.25) is 14.4 Å². The van der Waals surface area contributed by atoms with E-state index in [-0.39, 0.29) is 11.9 Å². The summed E-state index contributed by atoms with van der Waals surface area (Å²) in [5.41, 5.74) is 2.67. The summed E-state index contributed by atoms with van der Waals surface area (Å²) in [6.07, 6.45) is 2.88. The van der Waals surface area contributed by atoms with Crippen molar-refractivity contribution in [1.82, 2.24) is 19.7 Å². The molecule has 0 saturated carbocycles. The second-order valence-electron chi connectivity index (χ2n) is 7.16. The topological polar surface area (TPSA) is 103 Å². The molecule has 0 fully saturated rings. The van der Waals surface area contributed by atoms with E-state index < -0.39 is 6.10 Å². The van der Waals surface area contributed by atoms with Crippen LogP contribution in [0.5, 0.6) is 11.6 Å². The maximum atomic E-state index is 13.0. The Morgan fingerprint density at radius 1 is 1.23 bits per heavy atom. The molecule has 0 unspecified atom stereocenters.